The zero-order valence-corrected chi connectivity index (χ0v) is 17.5. The minimum Gasteiger partial charge on any atom is -0.492 e. The summed E-state index contributed by atoms with van der Waals surface area (Å²) in [5.41, 5.74) is 9.39. The second-order valence-electron chi connectivity index (χ2n) is 6.15. The van der Waals surface area contributed by atoms with Crippen molar-refractivity contribution in [2.45, 2.75) is 25.9 Å². The van der Waals surface area contributed by atoms with E-state index < -0.39 is 12.1 Å². The number of nitrogens with two attached hydrogens (primary N) is 1. The van der Waals surface area contributed by atoms with Crippen molar-refractivity contribution in [1.29, 1.82) is 0 Å². The molecule has 3 rings (SSSR count). The molecule has 0 radical (unpaired) electrons. The number of oxime groups is 1. The summed E-state index contributed by atoms with van der Waals surface area (Å²) in [5.74, 6) is 1.12. The number of rotatable bonds is 8. The minimum absolute atomic E-state index is 0.00805. The number of nitrogens with one attached hydrogen (secondary N) is 1. The van der Waals surface area contributed by atoms with E-state index in [1.807, 2.05) is 0 Å². The SMILES string of the molecule is CCOC(=O)C1=NO[C@@H](Cc2c(/C=N\NC(N)=S)c3c(c(OC)c2OC)OCO3)C1. The number of esters is 1. The van der Waals surface area contributed by atoms with Crippen LogP contribution in [0.5, 0.6) is 23.0 Å². The molecule has 11 nitrogen and oxygen atoms in total. The third-order valence-corrected chi connectivity index (χ3v) is 4.41. The fourth-order valence-corrected chi connectivity index (χ4v) is 3.20. The van der Waals surface area contributed by atoms with Gasteiger partial charge in [-0.2, -0.15) is 5.10 Å². The van der Waals surface area contributed by atoms with Crippen molar-refractivity contribution in [2.75, 3.05) is 27.6 Å². The largest absolute Gasteiger partial charge is 0.492 e. The molecule has 0 fully saturated rings. The number of ether oxygens (including phenoxy) is 5. The number of thiocarbonyl (C=S) groups is 1. The van der Waals surface area contributed by atoms with Crippen LogP contribution < -0.4 is 30.1 Å². The Morgan fingerprint density at radius 1 is 1.33 bits per heavy atom. The van der Waals surface area contributed by atoms with Gasteiger partial charge in [-0.05, 0) is 19.1 Å². The zero-order chi connectivity index (χ0) is 21.7. The van der Waals surface area contributed by atoms with Gasteiger partial charge in [-0.25, -0.2) is 4.79 Å². The summed E-state index contributed by atoms with van der Waals surface area (Å²) >= 11 is 4.78. The van der Waals surface area contributed by atoms with E-state index in [1.165, 1.54) is 20.4 Å². The van der Waals surface area contributed by atoms with Crippen molar-refractivity contribution >= 4 is 35.2 Å². The van der Waals surface area contributed by atoms with Crippen molar-refractivity contribution < 1.29 is 33.3 Å². The summed E-state index contributed by atoms with van der Waals surface area (Å²) in [6.45, 7) is 1.99. The van der Waals surface area contributed by atoms with Crippen LogP contribution in [0.1, 0.15) is 24.5 Å². The number of nitrogens with zero attached hydrogens (tertiary/aromatic N) is 2. The molecule has 30 heavy (non-hydrogen) atoms. The molecule has 2 aliphatic heterocycles. The van der Waals surface area contributed by atoms with Gasteiger partial charge in [0.2, 0.25) is 18.3 Å². The topological polar surface area (TPSA) is 135 Å². The van der Waals surface area contributed by atoms with Gasteiger partial charge in [0.25, 0.3) is 0 Å². The van der Waals surface area contributed by atoms with Crippen LogP contribution in [0.2, 0.25) is 0 Å². The molecule has 3 N–H and O–H groups in total. The van der Waals surface area contributed by atoms with Gasteiger partial charge in [-0.1, -0.05) is 5.16 Å². The molecule has 1 aromatic carbocycles. The summed E-state index contributed by atoms with van der Waals surface area (Å²) < 4.78 is 27.3. The highest BCUT2D eigenvalue weighted by Gasteiger charge is 2.34. The number of hydrogen-bond donors (Lipinski definition) is 2. The average molecular weight is 438 g/mol. The molecular weight excluding hydrogens is 416 g/mol. The predicted octanol–water partition coefficient (Wildman–Crippen LogP) is 0.850. The lowest BCUT2D eigenvalue weighted by atomic mass is 9.96. The maximum absolute atomic E-state index is 11.9. The van der Waals surface area contributed by atoms with Crippen LogP contribution in [0.15, 0.2) is 10.3 Å². The lowest BCUT2D eigenvalue weighted by Crippen LogP contribution is -2.24. The summed E-state index contributed by atoms with van der Waals surface area (Å²) in [6.07, 6.45) is 1.66. The molecule has 0 aliphatic carbocycles. The number of hydrogen-bond acceptors (Lipinski definition) is 10. The van der Waals surface area contributed by atoms with Crippen LogP contribution in [-0.4, -0.2) is 56.7 Å². The number of hydrazone groups is 1. The van der Waals surface area contributed by atoms with Crippen LogP contribution >= 0.6 is 12.2 Å². The first-order valence-corrected chi connectivity index (χ1v) is 9.45. The van der Waals surface area contributed by atoms with Gasteiger partial charge in [0.1, 0.15) is 6.10 Å². The number of fused-ring (bicyclic) bond motifs is 1. The molecule has 0 saturated carbocycles. The van der Waals surface area contributed by atoms with Gasteiger partial charge in [0, 0.05) is 24.0 Å². The third-order valence-electron chi connectivity index (χ3n) is 4.32. The molecular formula is C18H22N4O7S. The van der Waals surface area contributed by atoms with E-state index in [0.717, 1.165) is 0 Å². The molecule has 0 bridgehead atoms. The molecule has 2 aliphatic rings. The van der Waals surface area contributed by atoms with E-state index in [4.69, 9.17) is 46.5 Å². The first kappa shape index (κ1) is 21.4. The molecule has 0 amide bonds. The van der Waals surface area contributed by atoms with E-state index in [9.17, 15) is 4.79 Å². The first-order chi connectivity index (χ1) is 14.5. The smallest absolute Gasteiger partial charge is 0.356 e. The Morgan fingerprint density at radius 3 is 2.73 bits per heavy atom. The second kappa shape index (κ2) is 9.48. The summed E-state index contributed by atoms with van der Waals surface area (Å²) in [5, 5.41) is 7.90. The highest BCUT2D eigenvalue weighted by atomic mass is 32.1. The fourth-order valence-electron chi connectivity index (χ4n) is 3.15. The Labute approximate surface area is 178 Å². The molecule has 0 unspecified atom stereocenters. The van der Waals surface area contributed by atoms with Crippen LogP contribution in [0.3, 0.4) is 0 Å². The third kappa shape index (κ3) is 4.32. The summed E-state index contributed by atoms with van der Waals surface area (Å²) in [4.78, 5) is 17.4. The summed E-state index contributed by atoms with van der Waals surface area (Å²) in [6, 6.07) is 0. The normalized spacial score (nSPS) is 16.8. The maximum Gasteiger partial charge on any atom is 0.356 e. The van der Waals surface area contributed by atoms with Gasteiger partial charge in [-0.3, -0.25) is 5.43 Å². The van der Waals surface area contributed by atoms with E-state index >= 15 is 0 Å². The molecule has 12 heteroatoms. The van der Waals surface area contributed by atoms with Crippen molar-refractivity contribution in [2.24, 2.45) is 16.0 Å². The predicted molar refractivity (Wildman–Crippen MR) is 110 cm³/mol. The summed E-state index contributed by atoms with van der Waals surface area (Å²) in [7, 11) is 3.01. The van der Waals surface area contributed by atoms with E-state index in [1.54, 1.807) is 6.92 Å². The zero-order valence-electron chi connectivity index (χ0n) is 16.7. The van der Waals surface area contributed by atoms with E-state index in [2.05, 4.69) is 15.7 Å². The van der Waals surface area contributed by atoms with Crippen LogP contribution in [0.25, 0.3) is 0 Å². The monoisotopic (exact) mass is 438 g/mol. The molecule has 0 aromatic heterocycles. The Bertz CT molecular complexity index is 903. The highest BCUT2D eigenvalue weighted by molar-refractivity contribution is 7.80. The highest BCUT2D eigenvalue weighted by Crippen LogP contribution is 2.51. The van der Waals surface area contributed by atoms with Crippen molar-refractivity contribution in [3.8, 4) is 23.0 Å². The molecule has 0 saturated heterocycles. The van der Waals surface area contributed by atoms with Crippen molar-refractivity contribution in [1.82, 2.24) is 5.43 Å². The Hall–Kier alpha value is -3.28. The Kier molecular flexibility index (Phi) is 6.77. The maximum atomic E-state index is 11.9. The van der Waals surface area contributed by atoms with Gasteiger partial charge in [0.05, 0.1) is 27.0 Å². The van der Waals surface area contributed by atoms with Gasteiger partial charge in [0.15, 0.2) is 22.3 Å². The van der Waals surface area contributed by atoms with E-state index in [-0.39, 0.29) is 30.6 Å². The molecule has 1 atom stereocenters. The van der Waals surface area contributed by atoms with Crippen LogP contribution in [-0.2, 0) is 20.8 Å². The lowest BCUT2D eigenvalue weighted by molar-refractivity contribution is -0.135. The number of carbonyl (C=O) groups excluding carboxylic acids is 1. The van der Waals surface area contributed by atoms with Crippen LogP contribution in [0.4, 0.5) is 0 Å². The Morgan fingerprint density at radius 2 is 2.07 bits per heavy atom. The number of carbonyl (C=O) groups is 1. The van der Waals surface area contributed by atoms with Crippen LogP contribution in [0, 0.1) is 0 Å². The van der Waals surface area contributed by atoms with Crippen molar-refractivity contribution in [3.63, 3.8) is 0 Å². The lowest BCUT2D eigenvalue weighted by Gasteiger charge is -2.19. The number of benzene rings is 1. The average Bonchev–Trinajstić information content (AvgIpc) is 3.38. The molecule has 0 spiro atoms. The fraction of sp³-hybridized carbons (Fsp3) is 0.444. The Balaban J connectivity index is 1.97. The quantitative estimate of drug-likeness (QED) is 0.260. The first-order valence-electron chi connectivity index (χ1n) is 9.04. The van der Waals surface area contributed by atoms with Gasteiger partial charge >= 0.3 is 5.97 Å². The molecule has 2 heterocycles. The molecule has 162 valence electrons. The van der Waals surface area contributed by atoms with E-state index in [0.29, 0.717) is 40.5 Å². The van der Waals surface area contributed by atoms with Gasteiger partial charge in [-0.15, -0.1) is 0 Å². The standard InChI is InChI=1S/C18H22N4O7S/c1-4-26-17(23)12-6-9(29-22-12)5-10-11(7-20-21-18(19)30)14-16(28-8-27-14)15(25-3)13(10)24-2/h7,9H,4-6,8H2,1-3H3,(H3,19,21,30)/b20-7-/t9-/m0/s1. The second-order valence-corrected chi connectivity index (χ2v) is 6.59. The minimum atomic E-state index is -0.502. The van der Waals surface area contributed by atoms with Gasteiger partial charge < -0.3 is 34.3 Å². The van der Waals surface area contributed by atoms with Crippen molar-refractivity contribution in [3.05, 3.63) is 11.1 Å². The number of methoxy groups -OCH3 is 2. The molecule has 1 aromatic rings.